The molecule has 0 amide bonds. The molecule has 0 unspecified atom stereocenters. The predicted molar refractivity (Wildman–Crippen MR) is 69.3 cm³/mol. The quantitative estimate of drug-likeness (QED) is 0.665. The third-order valence-corrected chi connectivity index (χ3v) is 2.55. The average molecular weight is 300 g/mol. The molecule has 0 bridgehead atoms. The van der Waals surface area contributed by atoms with Gasteiger partial charge in [-0.1, -0.05) is 23.2 Å². The van der Waals surface area contributed by atoms with E-state index in [0.717, 1.165) is 0 Å². The molecule has 0 spiro atoms. The lowest BCUT2D eigenvalue weighted by Crippen LogP contribution is -2.01. The number of ether oxygens (including phenoxy) is 1. The Morgan fingerprint density at radius 3 is 2.25 bits per heavy atom. The van der Waals surface area contributed by atoms with Crippen molar-refractivity contribution in [2.24, 2.45) is 0 Å². The van der Waals surface area contributed by atoms with E-state index >= 15 is 0 Å². The largest absolute Gasteiger partial charge is 0.447 e. The zero-order valence-electron chi connectivity index (χ0n) is 7.99. The van der Waals surface area contributed by atoms with E-state index in [4.69, 9.17) is 40.2 Å². The van der Waals surface area contributed by atoms with Gasteiger partial charge in [-0.2, -0.15) is 0 Å². The maximum atomic E-state index is 10.4. The van der Waals surface area contributed by atoms with Crippen LogP contribution >= 0.6 is 35.4 Å². The zero-order chi connectivity index (χ0) is 12.3. The first kappa shape index (κ1) is 13.5. The van der Waals surface area contributed by atoms with Crippen molar-refractivity contribution in [2.75, 3.05) is 4.72 Å². The van der Waals surface area contributed by atoms with Crippen molar-refractivity contribution < 1.29 is 13.2 Å². The van der Waals surface area contributed by atoms with Crippen molar-refractivity contribution in [1.29, 1.82) is 0 Å². The fourth-order valence-electron chi connectivity index (χ4n) is 0.971. The summed E-state index contributed by atoms with van der Waals surface area (Å²) < 4.78 is 28.2. The maximum Gasteiger partial charge on any atom is 0.222 e. The summed E-state index contributed by atoms with van der Waals surface area (Å²) >= 11 is 16.5. The summed E-state index contributed by atoms with van der Waals surface area (Å²) in [5.74, 6) is 0.211. The van der Waals surface area contributed by atoms with Gasteiger partial charge in [0.05, 0.1) is 15.7 Å². The highest BCUT2D eigenvalue weighted by atomic mass is 35.5. The molecule has 0 saturated carbocycles. The minimum absolute atomic E-state index is 0.177. The van der Waals surface area contributed by atoms with Crippen LogP contribution in [0, 0.1) is 0 Å². The number of anilines is 1. The lowest BCUT2D eigenvalue weighted by Gasteiger charge is -2.09. The van der Waals surface area contributed by atoms with Gasteiger partial charge in [-0.25, -0.2) is 8.42 Å². The van der Waals surface area contributed by atoms with Gasteiger partial charge in [0.2, 0.25) is 10.9 Å². The Bertz CT molecular complexity index is 471. The number of halogens is 2. The molecule has 0 heterocycles. The van der Waals surface area contributed by atoms with Crippen LogP contribution in [0.15, 0.2) is 12.1 Å². The summed E-state index contributed by atoms with van der Waals surface area (Å²) in [6.45, 7) is 1.57. The second-order valence-electron chi connectivity index (χ2n) is 2.73. The third-order valence-electron chi connectivity index (χ3n) is 1.46. The summed E-state index contributed by atoms with van der Waals surface area (Å²) in [4.78, 5) is 0. The van der Waals surface area contributed by atoms with Crippen LogP contribution in [0.1, 0.15) is 6.92 Å². The molecular formula is C8H7Cl2NO3S2. The van der Waals surface area contributed by atoms with Gasteiger partial charge >= 0.3 is 0 Å². The summed E-state index contributed by atoms with van der Waals surface area (Å²) in [6, 6.07) is 2.76. The number of benzene rings is 1. The lowest BCUT2D eigenvalue weighted by molar-refractivity contribution is 0.562. The average Bonchev–Trinajstić information content (AvgIpc) is 2.10. The second kappa shape index (κ2) is 5.67. The topological polar surface area (TPSA) is 55.4 Å². The molecule has 1 aromatic rings. The number of thiocarbonyl (C=S) groups is 1. The Labute approximate surface area is 110 Å². The van der Waals surface area contributed by atoms with E-state index in [1.165, 1.54) is 12.1 Å². The van der Waals surface area contributed by atoms with Gasteiger partial charge in [0.25, 0.3) is 0 Å². The molecule has 0 aliphatic carbocycles. The van der Waals surface area contributed by atoms with E-state index < -0.39 is 10.9 Å². The number of hydrogen-bond donors (Lipinski definition) is 2. The van der Waals surface area contributed by atoms with Crippen molar-refractivity contribution in [2.45, 2.75) is 6.92 Å². The number of nitrogens with one attached hydrogen (secondary N) is 1. The number of thiol groups is 1. The summed E-state index contributed by atoms with van der Waals surface area (Å²) in [6.07, 6.45) is 0. The minimum Gasteiger partial charge on any atom is -0.447 e. The molecule has 0 aliphatic rings. The van der Waals surface area contributed by atoms with Gasteiger partial charge in [0, 0.05) is 6.92 Å². The van der Waals surface area contributed by atoms with Crippen LogP contribution in [-0.2, 0) is 10.9 Å². The first-order chi connectivity index (χ1) is 7.40. The Morgan fingerprint density at radius 2 is 1.88 bits per heavy atom. The van der Waals surface area contributed by atoms with Crippen molar-refractivity contribution in [3.05, 3.63) is 22.2 Å². The van der Waals surface area contributed by atoms with E-state index in [1.807, 2.05) is 0 Å². The van der Waals surface area contributed by atoms with Crippen molar-refractivity contribution in [3.63, 3.8) is 0 Å². The zero-order valence-corrected chi connectivity index (χ0v) is 11.2. The Kier molecular flexibility index (Phi) is 4.79. The van der Waals surface area contributed by atoms with Crippen LogP contribution in [0.4, 0.5) is 5.69 Å². The first-order valence-corrected chi connectivity index (χ1v) is 6.33. The SMILES string of the molecule is CC(=S)Oc1c(Cl)cc(N[SH](=O)=O)cc1Cl. The van der Waals surface area contributed by atoms with Crippen molar-refractivity contribution in [3.8, 4) is 5.75 Å². The van der Waals surface area contributed by atoms with E-state index in [9.17, 15) is 8.42 Å². The van der Waals surface area contributed by atoms with Crippen LogP contribution in [0.2, 0.25) is 10.0 Å². The standard InChI is InChI=1S/C8H7Cl2NO3S2/c1-4(15)14-8-6(9)2-5(3-7(8)10)11-16(12)13/h2-3,16H,1H3,(H,11,12,13). The predicted octanol–water partition coefficient (Wildman–Crippen LogP) is 2.66. The summed E-state index contributed by atoms with van der Waals surface area (Å²) in [7, 11) is -2.76. The van der Waals surface area contributed by atoms with Gasteiger partial charge in [0.15, 0.2) is 10.8 Å². The second-order valence-corrected chi connectivity index (χ2v) is 4.86. The maximum absolute atomic E-state index is 10.4. The van der Waals surface area contributed by atoms with Crippen LogP contribution in [0.25, 0.3) is 0 Å². The van der Waals surface area contributed by atoms with Crippen LogP contribution in [0.5, 0.6) is 5.75 Å². The number of hydrogen-bond acceptors (Lipinski definition) is 4. The smallest absolute Gasteiger partial charge is 0.222 e. The van der Waals surface area contributed by atoms with Crippen LogP contribution in [-0.4, -0.2) is 13.5 Å². The normalized spacial score (nSPS) is 10.2. The Hall–Kier alpha value is -0.560. The molecule has 0 atom stereocenters. The van der Waals surface area contributed by atoms with Gasteiger partial charge in [-0.3, -0.25) is 4.72 Å². The van der Waals surface area contributed by atoms with Gasteiger partial charge in [-0.15, -0.1) is 0 Å². The molecule has 1 N–H and O–H groups in total. The third kappa shape index (κ3) is 3.79. The van der Waals surface area contributed by atoms with Gasteiger partial charge in [-0.05, 0) is 24.4 Å². The minimum atomic E-state index is -2.76. The summed E-state index contributed by atoms with van der Waals surface area (Å²) in [5.41, 5.74) is 0.264. The van der Waals surface area contributed by atoms with Gasteiger partial charge < -0.3 is 4.74 Å². The fourth-order valence-corrected chi connectivity index (χ4v) is 1.96. The molecule has 0 fully saturated rings. The first-order valence-electron chi connectivity index (χ1n) is 3.98. The van der Waals surface area contributed by atoms with Gasteiger partial charge in [0.1, 0.15) is 0 Å². The molecule has 16 heavy (non-hydrogen) atoms. The molecule has 0 aromatic heterocycles. The Balaban J connectivity index is 3.11. The van der Waals surface area contributed by atoms with Crippen molar-refractivity contribution in [1.82, 2.24) is 0 Å². The van der Waals surface area contributed by atoms with E-state index in [0.29, 0.717) is 0 Å². The lowest BCUT2D eigenvalue weighted by atomic mass is 10.3. The highest BCUT2D eigenvalue weighted by Crippen LogP contribution is 2.36. The summed E-state index contributed by atoms with van der Waals surface area (Å²) in [5, 5.41) is 0.617. The highest BCUT2D eigenvalue weighted by Gasteiger charge is 2.10. The van der Waals surface area contributed by atoms with Crippen LogP contribution in [0.3, 0.4) is 0 Å². The molecule has 88 valence electrons. The molecule has 4 nitrogen and oxygen atoms in total. The van der Waals surface area contributed by atoms with E-state index in [2.05, 4.69) is 4.72 Å². The fraction of sp³-hybridized carbons (Fsp3) is 0.125. The molecular weight excluding hydrogens is 293 g/mol. The number of rotatable bonds is 3. The molecule has 0 saturated heterocycles. The van der Waals surface area contributed by atoms with Crippen molar-refractivity contribution >= 4 is 57.0 Å². The molecule has 0 aliphatic heterocycles. The molecule has 0 radical (unpaired) electrons. The molecule has 8 heteroatoms. The Morgan fingerprint density at radius 1 is 1.38 bits per heavy atom. The van der Waals surface area contributed by atoms with Crippen LogP contribution < -0.4 is 9.46 Å². The van der Waals surface area contributed by atoms with E-state index in [-0.39, 0.29) is 26.5 Å². The molecule has 1 aromatic carbocycles. The van der Waals surface area contributed by atoms with E-state index in [1.54, 1.807) is 6.92 Å². The molecule has 1 rings (SSSR count). The highest BCUT2D eigenvalue weighted by molar-refractivity contribution is 7.80. The monoisotopic (exact) mass is 299 g/mol.